The van der Waals surface area contributed by atoms with Crippen LogP contribution in [0.4, 0.5) is 5.82 Å². The third-order valence-electron chi connectivity index (χ3n) is 2.77. The number of rotatable bonds is 3. The van der Waals surface area contributed by atoms with Crippen molar-refractivity contribution in [2.24, 2.45) is 0 Å². The van der Waals surface area contributed by atoms with Crippen molar-refractivity contribution in [1.82, 2.24) is 19.7 Å². The number of nitrogens with zero attached hydrogens (tertiary/aromatic N) is 4. The average molecular weight is 251 g/mol. The molecular weight excluding hydrogens is 238 g/mol. The lowest BCUT2D eigenvalue weighted by Gasteiger charge is -2.01. The van der Waals surface area contributed by atoms with Gasteiger partial charge in [-0.15, -0.1) is 0 Å². The zero-order valence-electron chi connectivity index (χ0n) is 10.5. The molecule has 0 bridgehead atoms. The van der Waals surface area contributed by atoms with Gasteiger partial charge in [-0.1, -0.05) is 18.2 Å². The number of hydrogen-bond acceptors (Lipinski definition) is 4. The van der Waals surface area contributed by atoms with E-state index in [-0.39, 0.29) is 0 Å². The van der Waals surface area contributed by atoms with E-state index >= 15 is 0 Å². The van der Waals surface area contributed by atoms with Crippen molar-refractivity contribution in [3.63, 3.8) is 0 Å². The molecule has 3 rings (SSSR count). The molecule has 0 aliphatic carbocycles. The molecular formula is C14H13N5. The van der Waals surface area contributed by atoms with Gasteiger partial charge in [0, 0.05) is 19.4 Å². The number of benzene rings is 1. The maximum Gasteiger partial charge on any atom is 0.164 e. The minimum atomic E-state index is 0.661. The van der Waals surface area contributed by atoms with Crippen LogP contribution in [0.5, 0.6) is 0 Å². The van der Waals surface area contributed by atoms with E-state index < -0.39 is 0 Å². The molecule has 0 saturated carbocycles. The fourth-order valence-corrected chi connectivity index (χ4v) is 1.80. The van der Waals surface area contributed by atoms with E-state index in [0.29, 0.717) is 5.82 Å². The maximum atomic E-state index is 4.39. The molecule has 0 spiro atoms. The Labute approximate surface area is 111 Å². The first kappa shape index (κ1) is 11.4. The summed E-state index contributed by atoms with van der Waals surface area (Å²) in [5.74, 6) is 1.45. The molecule has 0 radical (unpaired) electrons. The van der Waals surface area contributed by atoms with Crippen molar-refractivity contribution in [2.75, 3.05) is 12.4 Å². The molecule has 3 aromatic rings. The van der Waals surface area contributed by atoms with Crippen molar-refractivity contribution in [1.29, 1.82) is 0 Å². The first-order chi connectivity index (χ1) is 9.36. The number of aromatic nitrogens is 4. The summed E-state index contributed by atoms with van der Waals surface area (Å²) in [7, 11) is 1.83. The Morgan fingerprint density at radius 1 is 1.11 bits per heavy atom. The van der Waals surface area contributed by atoms with E-state index in [4.69, 9.17) is 0 Å². The smallest absolute Gasteiger partial charge is 0.164 e. The highest BCUT2D eigenvalue weighted by Gasteiger charge is 2.06. The van der Waals surface area contributed by atoms with E-state index in [1.165, 1.54) is 0 Å². The van der Waals surface area contributed by atoms with Crippen LogP contribution in [0.2, 0.25) is 0 Å². The van der Waals surface area contributed by atoms with Crippen LogP contribution in [0.1, 0.15) is 0 Å². The Morgan fingerprint density at radius 2 is 1.95 bits per heavy atom. The van der Waals surface area contributed by atoms with Gasteiger partial charge in [0.2, 0.25) is 0 Å². The second-order valence-corrected chi connectivity index (χ2v) is 4.02. The van der Waals surface area contributed by atoms with Crippen LogP contribution in [-0.4, -0.2) is 26.8 Å². The van der Waals surface area contributed by atoms with Crippen LogP contribution >= 0.6 is 0 Å². The van der Waals surface area contributed by atoms with Crippen molar-refractivity contribution < 1.29 is 0 Å². The van der Waals surface area contributed by atoms with E-state index in [9.17, 15) is 0 Å². The third-order valence-corrected chi connectivity index (χ3v) is 2.77. The number of para-hydroxylation sites is 1. The highest BCUT2D eigenvalue weighted by atomic mass is 15.3. The van der Waals surface area contributed by atoms with Gasteiger partial charge in [0.05, 0.1) is 17.4 Å². The van der Waals surface area contributed by atoms with Gasteiger partial charge in [-0.05, 0) is 18.2 Å². The van der Waals surface area contributed by atoms with E-state index in [2.05, 4.69) is 20.4 Å². The first-order valence-electron chi connectivity index (χ1n) is 5.98. The largest absolute Gasteiger partial charge is 0.373 e. The lowest BCUT2D eigenvalue weighted by molar-refractivity contribution is 0.880. The van der Waals surface area contributed by atoms with Crippen LogP contribution in [0, 0.1) is 0 Å². The molecule has 0 saturated heterocycles. The van der Waals surface area contributed by atoms with E-state index in [1.54, 1.807) is 12.4 Å². The Balaban J connectivity index is 1.97. The molecule has 2 aromatic heterocycles. The van der Waals surface area contributed by atoms with Crippen LogP contribution in [0.15, 0.2) is 55.0 Å². The standard InChI is InChI=1S/C14H13N5/c1-15-13-7-8-16-14(18-13)11-9-17-19(10-11)12-5-3-2-4-6-12/h2-10H,1H3,(H,15,16,18). The van der Waals surface area contributed by atoms with Gasteiger partial charge in [-0.25, -0.2) is 14.6 Å². The molecule has 0 atom stereocenters. The topological polar surface area (TPSA) is 55.6 Å². The summed E-state index contributed by atoms with van der Waals surface area (Å²) in [4.78, 5) is 8.65. The maximum absolute atomic E-state index is 4.39. The summed E-state index contributed by atoms with van der Waals surface area (Å²) in [6, 6.07) is 11.8. The summed E-state index contributed by atoms with van der Waals surface area (Å²) < 4.78 is 1.81. The van der Waals surface area contributed by atoms with Crippen molar-refractivity contribution in [3.8, 4) is 17.1 Å². The van der Waals surface area contributed by atoms with Gasteiger partial charge >= 0.3 is 0 Å². The minimum absolute atomic E-state index is 0.661. The molecule has 0 amide bonds. The minimum Gasteiger partial charge on any atom is -0.373 e. The normalized spacial score (nSPS) is 10.4. The molecule has 5 heteroatoms. The highest BCUT2D eigenvalue weighted by Crippen LogP contribution is 2.17. The zero-order valence-corrected chi connectivity index (χ0v) is 10.5. The monoisotopic (exact) mass is 251 g/mol. The Kier molecular flexibility index (Phi) is 2.94. The fraction of sp³-hybridized carbons (Fsp3) is 0.0714. The lowest BCUT2D eigenvalue weighted by Crippen LogP contribution is -1.95. The Hall–Kier alpha value is -2.69. The molecule has 5 nitrogen and oxygen atoms in total. The van der Waals surface area contributed by atoms with E-state index in [1.807, 2.05) is 54.3 Å². The summed E-state index contributed by atoms with van der Waals surface area (Å²) >= 11 is 0. The molecule has 0 fully saturated rings. The summed E-state index contributed by atoms with van der Waals surface area (Å²) in [6.45, 7) is 0. The second kappa shape index (κ2) is 4.89. The predicted octanol–water partition coefficient (Wildman–Crippen LogP) is 2.37. The molecule has 2 heterocycles. The quantitative estimate of drug-likeness (QED) is 0.776. The molecule has 0 aliphatic heterocycles. The molecule has 1 aromatic carbocycles. The summed E-state index contributed by atoms with van der Waals surface area (Å²) in [5.41, 5.74) is 1.90. The highest BCUT2D eigenvalue weighted by molar-refractivity contribution is 5.55. The number of anilines is 1. The Bertz CT molecular complexity index is 675. The molecule has 0 unspecified atom stereocenters. The van der Waals surface area contributed by atoms with Crippen LogP contribution in [-0.2, 0) is 0 Å². The van der Waals surface area contributed by atoms with Gasteiger partial charge in [-0.2, -0.15) is 5.10 Å². The molecule has 1 N–H and O–H groups in total. The van der Waals surface area contributed by atoms with Gasteiger partial charge in [0.15, 0.2) is 5.82 Å². The first-order valence-corrected chi connectivity index (χ1v) is 5.98. The van der Waals surface area contributed by atoms with E-state index in [0.717, 1.165) is 17.1 Å². The average Bonchev–Trinajstić information content (AvgIpc) is 2.98. The number of hydrogen-bond donors (Lipinski definition) is 1. The SMILES string of the molecule is CNc1ccnc(-c2cnn(-c3ccccc3)c2)n1. The molecule has 94 valence electrons. The van der Waals surface area contributed by atoms with Crippen molar-refractivity contribution in [3.05, 3.63) is 55.0 Å². The summed E-state index contributed by atoms with van der Waals surface area (Å²) in [5, 5.41) is 7.33. The molecule has 19 heavy (non-hydrogen) atoms. The van der Waals surface area contributed by atoms with Crippen LogP contribution in [0.25, 0.3) is 17.1 Å². The van der Waals surface area contributed by atoms with Gasteiger partial charge in [0.25, 0.3) is 0 Å². The predicted molar refractivity (Wildman–Crippen MR) is 74.1 cm³/mol. The zero-order chi connectivity index (χ0) is 13.1. The second-order valence-electron chi connectivity index (χ2n) is 4.02. The van der Waals surface area contributed by atoms with Gasteiger partial charge < -0.3 is 5.32 Å². The van der Waals surface area contributed by atoms with Crippen molar-refractivity contribution >= 4 is 5.82 Å². The van der Waals surface area contributed by atoms with Gasteiger partial charge in [0.1, 0.15) is 5.82 Å². The van der Waals surface area contributed by atoms with Crippen molar-refractivity contribution in [2.45, 2.75) is 0 Å². The van der Waals surface area contributed by atoms with Crippen LogP contribution in [0.3, 0.4) is 0 Å². The van der Waals surface area contributed by atoms with Gasteiger partial charge in [-0.3, -0.25) is 0 Å². The molecule has 0 aliphatic rings. The third kappa shape index (κ3) is 2.30. The fourth-order valence-electron chi connectivity index (χ4n) is 1.80. The lowest BCUT2D eigenvalue weighted by atomic mass is 10.3. The Morgan fingerprint density at radius 3 is 2.74 bits per heavy atom. The summed E-state index contributed by atoms with van der Waals surface area (Å²) in [6.07, 6.45) is 5.42. The van der Waals surface area contributed by atoms with Crippen LogP contribution < -0.4 is 5.32 Å². The number of nitrogens with one attached hydrogen (secondary N) is 1.